The van der Waals surface area contributed by atoms with Crippen LogP contribution in [0.2, 0.25) is 0 Å². The molecule has 2 unspecified atom stereocenters. The van der Waals surface area contributed by atoms with Crippen LogP contribution in [0.4, 0.5) is 4.39 Å². The van der Waals surface area contributed by atoms with Crippen molar-refractivity contribution in [2.45, 2.75) is 49.3 Å². The molecule has 0 aliphatic rings. The molecule has 0 amide bonds. The summed E-state index contributed by atoms with van der Waals surface area (Å²) in [6.45, 7) is 7.33. The molecule has 108 valence electrons. The summed E-state index contributed by atoms with van der Waals surface area (Å²) in [5.74, 6) is -0.207. The van der Waals surface area contributed by atoms with Crippen molar-refractivity contribution in [2.24, 2.45) is 0 Å². The van der Waals surface area contributed by atoms with Crippen LogP contribution in [0.1, 0.15) is 33.6 Å². The van der Waals surface area contributed by atoms with E-state index in [9.17, 15) is 9.50 Å². The Morgan fingerprint density at radius 1 is 1.37 bits per heavy atom. The van der Waals surface area contributed by atoms with Gasteiger partial charge in [-0.2, -0.15) is 0 Å². The molecule has 0 bridgehead atoms. The van der Waals surface area contributed by atoms with Crippen LogP contribution in [-0.2, 0) is 0 Å². The van der Waals surface area contributed by atoms with E-state index in [0.717, 1.165) is 24.3 Å². The second kappa shape index (κ2) is 7.88. The van der Waals surface area contributed by atoms with E-state index in [1.807, 2.05) is 6.92 Å². The van der Waals surface area contributed by atoms with Crippen molar-refractivity contribution in [3.05, 3.63) is 30.1 Å². The molecule has 19 heavy (non-hydrogen) atoms. The monoisotopic (exact) mass is 285 g/mol. The van der Waals surface area contributed by atoms with E-state index in [0.29, 0.717) is 5.25 Å². The lowest BCUT2D eigenvalue weighted by Crippen LogP contribution is -2.47. The Labute approximate surface area is 119 Å². The first-order valence-electron chi connectivity index (χ1n) is 6.77. The Kier molecular flexibility index (Phi) is 6.83. The third-order valence-corrected chi connectivity index (χ3v) is 4.15. The Morgan fingerprint density at radius 2 is 2.00 bits per heavy atom. The van der Waals surface area contributed by atoms with Crippen molar-refractivity contribution in [1.29, 1.82) is 0 Å². The van der Waals surface area contributed by atoms with Gasteiger partial charge in [0.1, 0.15) is 5.82 Å². The van der Waals surface area contributed by atoms with E-state index in [1.54, 1.807) is 23.9 Å². The summed E-state index contributed by atoms with van der Waals surface area (Å²) >= 11 is 1.71. The average molecular weight is 285 g/mol. The minimum absolute atomic E-state index is 0.126. The Morgan fingerprint density at radius 3 is 2.53 bits per heavy atom. The molecule has 1 aromatic rings. The van der Waals surface area contributed by atoms with E-state index in [2.05, 4.69) is 19.2 Å². The van der Waals surface area contributed by atoms with Crippen LogP contribution in [0.3, 0.4) is 0 Å². The highest BCUT2D eigenvalue weighted by Gasteiger charge is 2.25. The van der Waals surface area contributed by atoms with Gasteiger partial charge in [0, 0.05) is 15.7 Å². The highest BCUT2D eigenvalue weighted by atomic mass is 32.2. The second-order valence-electron chi connectivity index (χ2n) is 5.23. The van der Waals surface area contributed by atoms with Gasteiger partial charge in [-0.15, -0.1) is 11.8 Å². The third-order valence-electron chi connectivity index (χ3n) is 3.04. The van der Waals surface area contributed by atoms with Gasteiger partial charge in [-0.25, -0.2) is 4.39 Å². The molecule has 0 spiro atoms. The number of aliphatic hydroxyl groups is 1. The maximum atomic E-state index is 12.8. The smallest absolute Gasteiger partial charge is 0.123 e. The summed E-state index contributed by atoms with van der Waals surface area (Å²) in [6.07, 6.45) is 1.92. The van der Waals surface area contributed by atoms with Gasteiger partial charge in [0.25, 0.3) is 0 Å². The molecule has 1 aromatic carbocycles. The van der Waals surface area contributed by atoms with Gasteiger partial charge in [-0.3, -0.25) is 0 Å². The summed E-state index contributed by atoms with van der Waals surface area (Å²) in [5, 5.41) is 13.3. The average Bonchev–Trinajstić information content (AvgIpc) is 2.39. The normalized spacial score (nSPS) is 16.1. The fourth-order valence-electron chi connectivity index (χ4n) is 2.04. The number of thioether (sulfide) groups is 1. The first kappa shape index (κ1) is 16.5. The molecule has 0 aliphatic carbocycles. The fraction of sp³-hybridized carbons (Fsp3) is 0.600. The molecule has 2 N–H and O–H groups in total. The molecule has 1 rings (SSSR count). The van der Waals surface area contributed by atoms with Crippen molar-refractivity contribution in [3.63, 3.8) is 0 Å². The lowest BCUT2D eigenvalue weighted by Gasteiger charge is -2.31. The van der Waals surface area contributed by atoms with Gasteiger partial charge in [0.2, 0.25) is 0 Å². The van der Waals surface area contributed by atoms with E-state index >= 15 is 0 Å². The predicted octanol–water partition coefficient (Wildman–Crippen LogP) is 3.45. The van der Waals surface area contributed by atoms with Crippen molar-refractivity contribution in [2.75, 3.05) is 13.2 Å². The summed E-state index contributed by atoms with van der Waals surface area (Å²) in [7, 11) is 0. The molecule has 2 nitrogen and oxygen atoms in total. The molecule has 0 radical (unpaired) electrons. The van der Waals surface area contributed by atoms with Crippen LogP contribution in [-0.4, -0.2) is 29.0 Å². The van der Waals surface area contributed by atoms with E-state index < -0.39 is 0 Å². The Balaban J connectivity index is 2.52. The number of halogens is 1. The van der Waals surface area contributed by atoms with Gasteiger partial charge < -0.3 is 10.4 Å². The predicted molar refractivity (Wildman–Crippen MR) is 80.1 cm³/mol. The SMILES string of the molecule is CCCNC(C)(CO)CC(C)Sc1ccc(F)cc1. The third kappa shape index (κ3) is 5.93. The largest absolute Gasteiger partial charge is 0.394 e. The molecule has 0 fully saturated rings. The van der Waals surface area contributed by atoms with Gasteiger partial charge in [0.15, 0.2) is 0 Å². The molecule has 0 saturated carbocycles. The number of hydrogen-bond donors (Lipinski definition) is 2. The summed E-state index contributed by atoms with van der Waals surface area (Å²) in [4.78, 5) is 1.06. The molecule has 0 heterocycles. The molecular formula is C15H24FNOS. The van der Waals surface area contributed by atoms with Crippen molar-refractivity contribution < 1.29 is 9.50 Å². The quantitative estimate of drug-likeness (QED) is 0.718. The van der Waals surface area contributed by atoms with Crippen LogP contribution < -0.4 is 5.32 Å². The Bertz CT molecular complexity index is 371. The lowest BCUT2D eigenvalue weighted by molar-refractivity contribution is 0.166. The van der Waals surface area contributed by atoms with Gasteiger partial charge in [-0.1, -0.05) is 13.8 Å². The van der Waals surface area contributed by atoms with Crippen molar-refractivity contribution in [3.8, 4) is 0 Å². The Hall–Kier alpha value is -0.580. The molecule has 0 saturated heterocycles. The number of rotatable bonds is 8. The van der Waals surface area contributed by atoms with E-state index in [4.69, 9.17) is 0 Å². The highest BCUT2D eigenvalue weighted by Crippen LogP contribution is 2.28. The fourth-order valence-corrected chi connectivity index (χ4v) is 3.25. The van der Waals surface area contributed by atoms with Crippen molar-refractivity contribution >= 4 is 11.8 Å². The lowest BCUT2D eigenvalue weighted by atomic mass is 9.97. The standard InChI is InChI=1S/C15H24FNOS/c1-4-9-17-15(3,11-18)10-12(2)19-14-7-5-13(16)6-8-14/h5-8,12,17-18H,4,9-11H2,1-3H3. The van der Waals surface area contributed by atoms with E-state index in [-0.39, 0.29) is 18.0 Å². The summed E-state index contributed by atoms with van der Waals surface area (Å²) in [5.41, 5.74) is -0.248. The topological polar surface area (TPSA) is 32.3 Å². The molecule has 4 heteroatoms. The number of benzene rings is 1. The van der Waals surface area contributed by atoms with Crippen LogP contribution >= 0.6 is 11.8 Å². The molecular weight excluding hydrogens is 261 g/mol. The van der Waals surface area contributed by atoms with Crippen LogP contribution in [0.15, 0.2) is 29.2 Å². The highest BCUT2D eigenvalue weighted by molar-refractivity contribution is 7.99. The maximum absolute atomic E-state index is 12.8. The summed E-state index contributed by atoms with van der Waals surface area (Å²) < 4.78 is 12.8. The number of aliphatic hydroxyl groups excluding tert-OH is 1. The zero-order valence-corrected chi connectivity index (χ0v) is 12.8. The van der Waals surface area contributed by atoms with Crippen molar-refractivity contribution in [1.82, 2.24) is 5.32 Å². The van der Waals surface area contributed by atoms with Gasteiger partial charge in [0.05, 0.1) is 6.61 Å². The molecule has 0 aliphatic heterocycles. The molecule has 2 atom stereocenters. The first-order chi connectivity index (χ1) is 8.99. The minimum Gasteiger partial charge on any atom is -0.394 e. The minimum atomic E-state index is -0.248. The van der Waals surface area contributed by atoms with Gasteiger partial charge in [-0.05, 0) is 50.6 Å². The number of nitrogens with one attached hydrogen (secondary N) is 1. The molecule has 0 aromatic heterocycles. The second-order valence-corrected chi connectivity index (χ2v) is 6.74. The summed E-state index contributed by atoms with van der Waals surface area (Å²) in [6, 6.07) is 6.56. The van der Waals surface area contributed by atoms with Gasteiger partial charge >= 0.3 is 0 Å². The van der Waals surface area contributed by atoms with E-state index in [1.165, 1.54) is 12.1 Å². The van der Waals surface area contributed by atoms with Crippen LogP contribution in [0.5, 0.6) is 0 Å². The van der Waals surface area contributed by atoms with Crippen LogP contribution in [0.25, 0.3) is 0 Å². The van der Waals surface area contributed by atoms with Crippen LogP contribution in [0, 0.1) is 5.82 Å². The zero-order chi connectivity index (χ0) is 14.3. The zero-order valence-electron chi connectivity index (χ0n) is 11.9. The number of hydrogen-bond acceptors (Lipinski definition) is 3. The first-order valence-corrected chi connectivity index (χ1v) is 7.65. The maximum Gasteiger partial charge on any atom is 0.123 e.